The van der Waals surface area contributed by atoms with Gasteiger partial charge >= 0.3 is 0 Å². The first kappa shape index (κ1) is 7.59. The maximum absolute atomic E-state index is 10.8. The van der Waals surface area contributed by atoms with Crippen molar-refractivity contribution >= 4 is 5.82 Å². The summed E-state index contributed by atoms with van der Waals surface area (Å²) in [5.74, 6) is 0.293. The lowest BCUT2D eigenvalue weighted by Gasteiger charge is -2.01. The van der Waals surface area contributed by atoms with Crippen LogP contribution in [0.4, 0.5) is 5.82 Å². The highest BCUT2D eigenvalue weighted by Crippen LogP contribution is 2.11. The molecule has 1 aromatic heterocycles. The summed E-state index contributed by atoms with van der Waals surface area (Å²) in [6, 6.07) is 0. The van der Waals surface area contributed by atoms with Crippen LogP contribution < -0.4 is 10.9 Å². The van der Waals surface area contributed by atoms with Crippen LogP contribution in [0.3, 0.4) is 0 Å². The van der Waals surface area contributed by atoms with Crippen molar-refractivity contribution in [1.82, 2.24) is 9.97 Å². The molecule has 11 heavy (non-hydrogen) atoms. The molecule has 5 heteroatoms. The Morgan fingerprint density at radius 2 is 2.27 bits per heavy atom. The summed E-state index contributed by atoms with van der Waals surface area (Å²) in [5, 5.41) is 11.6. The Morgan fingerprint density at radius 3 is 2.82 bits per heavy atom. The Morgan fingerprint density at radius 1 is 1.64 bits per heavy atom. The van der Waals surface area contributed by atoms with Crippen LogP contribution in [0.1, 0.15) is 5.82 Å². The second-order valence-electron chi connectivity index (χ2n) is 2.10. The molecule has 0 saturated heterocycles. The molecular weight excluding hydrogens is 146 g/mol. The molecule has 0 aliphatic carbocycles. The van der Waals surface area contributed by atoms with Crippen LogP contribution in [-0.2, 0) is 0 Å². The summed E-state index contributed by atoms with van der Waals surface area (Å²) >= 11 is 0. The molecule has 1 rings (SSSR count). The molecular formula is C6H9N3O2. The minimum Gasteiger partial charge on any atom is -0.500 e. The normalized spacial score (nSPS) is 9.64. The third-order valence-corrected chi connectivity index (χ3v) is 1.25. The van der Waals surface area contributed by atoms with E-state index < -0.39 is 5.56 Å². The molecule has 0 radical (unpaired) electrons. The monoisotopic (exact) mass is 155 g/mol. The summed E-state index contributed by atoms with van der Waals surface area (Å²) in [7, 11) is 1.58. The highest BCUT2D eigenvalue weighted by Gasteiger charge is 2.04. The van der Waals surface area contributed by atoms with Gasteiger partial charge in [0.15, 0.2) is 5.82 Å². The molecule has 60 valence electrons. The van der Waals surface area contributed by atoms with Gasteiger partial charge in [-0.2, -0.15) is 0 Å². The molecule has 5 nitrogen and oxygen atoms in total. The van der Waals surface area contributed by atoms with Crippen molar-refractivity contribution in [2.75, 3.05) is 12.4 Å². The van der Waals surface area contributed by atoms with Gasteiger partial charge in [-0.1, -0.05) is 0 Å². The first-order valence-corrected chi connectivity index (χ1v) is 3.12. The van der Waals surface area contributed by atoms with Crippen LogP contribution in [0.25, 0.3) is 0 Å². The van der Waals surface area contributed by atoms with Crippen LogP contribution in [0.5, 0.6) is 5.75 Å². The predicted molar refractivity (Wildman–Crippen MR) is 40.8 cm³/mol. The molecule has 0 aliphatic heterocycles. The molecule has 1 heterocycles. The van der Waals surface area contributed by atoms with Gasteiger partial charge in [0.25, 0.3) is 5.56 Å². The van der Waals surface area contributed by atoms with Crippen molar-refractivity contribution in [2.24, 2.45) is 0 Å². The van der Waals surface area contributed by atoms with E-state index in [0.717, 1.165) is 0 Å². The topological polar surface area (TPSA) is 78.0 Å². The smallest absolute Gasteiger partial charge is 0.295 e. The van der Waals surface area contributed by atoms with Gasteiger partial charge in [-0.15, -0.1) is 0 Å². The number of hydrogen-bond acceptors (Lipinski definition) is 4. The van der Waals surface area contributed by atoms with Gasteiger partial charge in [0.1, 0.15) is 5.82 Å². The molecule has 0 fully saturated rings. The molecule has 0 aliphatic rings. The van der Waals surface area contributed by atoms with E-state index in [1.54, 1.807) is 14.0 Å². The van der Waals surface area contributed by atoms with E-state index >= 15 is 0 Å². The van der Waals surface area contributed by atoms with Crippen molar-refractivity contribution in [2.45, 2.75) is 6.92 Å². The lowest BCUT2D eigenvalue weighted by atomic mass is 10.5. The fraction of sp³-hybridized carbons (Fsp3) is 0.333. The summed E-state index contributed by atoms with van der Waals surface area (Å²) in [6.07, 6.45) is 0. The fourth-order valence-electron chi connectivity index (χ4n) is 0.754. The summed E-state index contributed by atoms with van der Waals surface area (Å²) in [4.78, 5) is 17.0. The second-order valence-corrected chi connectivity index (χ2v) is 2.10. The van der Waals surface area contributed by atoms with Crippen LogP contribution in [0, 0.1) is 6.92 Å². The number of H-pyrrole nitrogens is 1. The first-order valence-electron chi connectivity index (χ1n) is 3.12. The minimum absolute atomic E-state index is 0.200. The van der Waals surface area contributed by atoms with Crippen molar-refractivity contribution in [3.63, 3.8) is 0 Å². The molecule has 3 N–H and O–H groups in total. The lowest BCUT2D eigenvalue weighted by Crippen LogP contribution is -2.11. The standard InChI is InChI=1S/C6H9N3O2/c1-3-8-5(7-2)4(10)6(11)9-3/h10H,1-2H3,(H2,7,8,9,11). The van der Waals surface area contributed by atoms with E-state index in [1.807, 2.05) is 0 Å². The minimum atomic E-state index is -0.526. The van der Waals surface area contributed by atoms with Gasteiger partial charge < -0.3 is 15.4 Å². The fourth-order valence-corrected chi connectivity index (χ4v) is 0.754. The number of nitrogens with one attached hydrogen (secondary N) is 2. The third-order valence-electron chi connectivity index (χ3n) is 1.25. The third kappa shape index (κ3) is 1.31. The second kappa shape index (κ2) is 2.61. The van der Waals surface area contributed by atoms with Crippen LogP contribution in [-0.4, -0.2) is 22.1 Å². The summed E-state index contributed by atoms with van der Waals surface area (Å²) in [6.45, 7) is 1.64. The van der Waals surface area contributed by atoms with E-state index in [2.05, 4.69) is 15.3 Å². The van der Waals surface area contributed by atoms with Gasteiger partial charge in [0.2, 0.25) is 5.75 Å². The van der Waals surface area contributed by atoms with Gasteiger partial charge in [-0.3, -0.25) is 4.79 Å². The highest BCUT2D eigenvalue weighted by molar-refractivity contribution is 5.46. The zero-order chi connectivity index (χ0) is 8.43. The molecule has 1 aromatic rings. The molecule has 0 spiro atoms. The molecule has 0 aromatic carbocycles. The average molecular weight is 155 g/mol. The number of aromatic hydroxyl groups is 1. The number of anilines is 1. The number of nitrogens with zero attached hydrogens (tertiary/aromatic N) is 1. The molecule has 0 atom stereocenters. The zero-order valence-corrected chi connectivity index (χ0v) is 6.30. The first-order chi connectivity index (χ1) is 5.15. The van der Waals surface area contributed by atoms with E-state index in [9.17, 15) is 4.79 Å². The Hall–Kier alpha value is -1.52. The van der Waals surface area contributed by atoms with Gasteiger partial charge in [0.05, 0.1) is 0 Å². The number of aromatic amines is 1. The van der Waals surface area contributed by atoms with Crippen molar-refractivity contribution in [1.29, 1.82) is 0 Å². The molecule has 0 bridgehead atoms. The van der Waals surface area contributed by atoms with Crippen molar-refractivity contribution in [3.8, 4) is 5.75 Å². The molecule has 0 amide bonds. The summed E-state index contributed by atoms with van der Waals surface area (Å²) in [5.41, 5.74) is -0.526. The number of aryl methyl sites for hydroxylation is 1. The predicted octanol–water partition coefficient (Wildman–Crippen LogP) is -0.174. The van der Waals surface area contributed by atoms with E-state index in [1.165, 1.54) is 0 Å². The Bertz CT molecular complexity index is 318. The largest absolute Gasteiger partial charge is 0.500 e. The molecule has 0 unspecified atom stereocenters. The van der Waals surface area contributed by atoms with Crippen molar-refractivity contribution < 1.29 is 5.11 Å². The van der Waals surface area contributed by atoms with Crippen molar-refractivity contribution in [3.05, 3.63) is 16.2 Å². The van der Waals surface area contributed by atoms with Crippen LogP contribution >= 0.6 is 0 Å². The number of rotatable bonds is 1. The quantitative estimate of drug-likeness (QED) is 0.526. The average Bonchev–Trinajstić information content (AvgIpc) is 1.96. The lowest BCUT2D eigenvalue weighted by molar-refractivity contribution is 0.465. The van der Waals surface area contributed by atoms with Crippen LogP contribution in [0.15, 0.2) is 4.79 Å². The van der Waals surface area contributed by atoms with E-state index in [-0.39, 0.29) is 11.6 Å². The number of hydrogen-bond donors (Lipinski definition) is 3. The highest BCUT2D eigenvalue weighted by atomic mass is 16.3. The SMILES string of the molecule is CNc1nc(C)[nH]c(=O)c1O. The van der Waals surface area contributed by atoms with Gasteiger partial charge in [-0.25, -0.2) is 4.98 Å². The Balaban J connectivity index is 3.36. The van der Waals surface area contributed by atoms with Gasteiger partial charge in [0, 0.05) is 7.05 Å². The van der Waals surface area contributed by atoms with Gasteiger partial charge in [-0.05, 0) is 6.92 Å². The number of aromatic nitrogens is 2. The van der Waals surface area contributed by atoms with Crippen LogP contribution in [0.2, 0.25) is 0 Å². The van der Waals surface area contributed by atoms with E-state index in [0.29, 0.717) is 5.82 Å². The summed E-state index contributed by atoms with van der Waals surface area (Å²) < 4.78 is 0. The molecule has 0 saturated carbocycles. The van der Waals surface area contributed by atoms with E-state index in [4.69, 9.17) is 5.11 Å². The Kier molecular flexibility index (Phi) is 1.80. The zero-order valence-electron chi connectivity index (χ0n) is 6.30. The maximum Gasteiger partial charge on any atom is 0.295 e. The maximum atomic E-state index is 10.8. The Labute approximate surface area is 63.1 Å².